The molecule has 0 aliphatic rings. The minimum absolute atomic E-state index is 0.0347. The Hall–Kier alpha value is -1.88. The van der Waals surface area contributed by atoms with Gasteiger partial charge in [0.15, 0.2) is 0 Å². The molecule has 0 aliphatic carbocycles. The van der Waals surface area contributed by atoms with E-state index in [4.69, 9.17) is 10.2 Å². The summed E-state index contributed by atoms with van der Waals surface area (Å²) < 4.78 is 1.74. The van der Waals surface area contributed by atoms with Crippen molar-refractivity contribution >= 4 is 17.0 Å². The number of hydrogen-bond donors (Lipinski definition) is 2. The molecule has 0 aliphatic heterocycles. The van der Waals surface area contributed by atoms with Gasteiger partial charge in [0.2, 0.25) is 0 Å². The van der Waals surface area contributed by atoms with Crippen LogP contribution in [-0.2, 0) is 17.8 Å². The molecule has 1 heterocycles. The van der Waals surface area contributed by atoms with Crippen molar-refractivity contribution in [2.45, 2.75) is 13.0 Å². The molecule has 2 rings (SSSR count). The number of aliphatic hydroxyl groups is 1. The molecule has 0 spiro atoms. The first-order valence-corrected chi connectivity index (χ1v) is 4.99. The maximum absolute atomic E-state index is 10.7. The van der Waals surface area contributed by atoms with Gasteiger partial charge in [0.05, 0.1) is 17.6 Å². The van der Waals surface area contributed by atoms with Crippen molar-refractivity contribution in [3.8, 4) is 0 Å². The van der Waals surface area contributed by atoms with Crippen LogP contribution in [0.3, 0.4) is 0 Å². The second-order valence-corrected chi connectivity index (χ2v) is 3.46. The summed E-state index contributed by atoms with van der Waals surface area (Å²) in [4.78, 5) is 14.9. The van der Waals surface area contributed by atoms with Crippen LogP contribution in [0.1, 0.15) is 5.82 Å². The SMILES string of the molecule is O=C(O)Cc1nc2ccccc2n1CCO. The molecular weight excluding hydrogens is 208 g/mol. The Bertz CT molecular complexity index is 519. The highest BCUT2D eigenvalue weighted by molar-refractivity contribution is 5.78. The molecule has 0 amide bonds. The molecule has 0 bridgehead atoms. The topological polar surface area (TPSA) is 75.3 Å². The molecule has 2 N–H and O–H groups in total. The Balaban J connectivity index is 2.53. The first-order chi connectivity index (χ1) is 7.72. The number of aromatic nitrogens is 2. The minimum atomic E-state index is -0.922. The van der Waals surface area contributed by atoms with E-state index in [9.17, 15) is 4.79 Å². The quantitative estimate of drug-likeness (QED) is 0.793. The average Bonchev–Trinajstić information content (AvgIpc) is 2.57. The molecule has 1 aromatic heterocycles. The number of imidazole rings is 1. The maximum atomic E-state index is 10.7. The van der Waals surface area contributed by atoms with Gasteiger partial charge < -0.3 is 14.8 Å². The van der Waals surface area contributed by atoms with Crippen LogP contribution in [0.2, 0.25) is 0 Å². The summed E-state index contributed by atoms with van der Waals surface area (Å²) in [5, 5.41) is 17.7. The van der Waals surface area contributed by atoms with Gasteiger partial charge in [-0.25, -0.2) is 4.98 Å². The summed E-state index contributed by atoms with van der Waals surface area (Å²) in [6, 6.07) is 7.41. The van der Waals surface area contributed by atoms with E-state index in [1.54, 1.807) is 4.57 Å². The number of aliphatic hydroxyl groups excluding tert-OH is 1. The third kappa shape index (κ3) is 1.90. The van der Waals surface area contributed by atoms with E-state index in [2.05, 4.69) is 4.98 Å². The highest BCUT2D eigenvalue weighted by Crippen LogP contribution is 2.16. The predicted molar refractivity (Wildman–Crippen MR) is 58.2 cm³/mol. The molecule has 0 saturated heterocycles. The Morgan fingerprint density at radius 1 is 1.38 bits per heavy atom. The van der Waals surface area contributed by atoms with Gasteiger partial charge in [-0.3, -0.25) is 4.79 Å². The van der Waals surface area contributed by atoms with Crippen LogP contribution in [0.25, 0.3) is 11.0 Å². The molecule has 84 valence electrons. The van der Waals surface area contributed by atoms with Crippen molar-refractivity contribution in [2.24, 2.45) is 0 Å². The largest absolute Gasteiger partial charge is 0.481 e. The van der Waals surface area contributed by atoms with Crippen molar-refractivity contribution in [1.82, 2.24) is 9.55 Å². The Morgan fingerprint density at radius 3 is 2.81 bits per heavy atom. The van der Waals surface area contributed by atoms with E-state index in [0.717, 1.165) is 11.0 Å². The van der Waals surface area contributed by atoms with Crippen molar-refractivity contribution in [3.05, 3.63) is 30.1 Å². The molecule has 0 saturated carbocycles. The molecule has 5 nitrogen and oxygen atoms in total. The fourth-order valence-electron chi connectivity index (χ4n) is 1.75. The zero-order valence-corrected chi connectivity index (χ0v) is 8.63. The van der Waals surface area contributed by atoms with Crippen molar-refractivity contribution < 1.29 is 15.0 Å². The summed E-state index contributed by atoms with van der Waals surface area (Å²) >= 11 is 0. The first kappa shape index (κ1) is 10.6. The number of nitrogens with zero attached hydrogens (tertiary/aromatic N) is 2. The third-order valence-electron chi connectivity index (χ3n) is 2.37. The van der Waals surface area contributed by atoms with E-state index < -0.39 is 5.97 Å². The fraction of sp³-hybridized carbons (Fsp3) is 0.273. The van der Waals surface area contributed by atoms with Gasteiger partial charge in [-0.05, 0) is 12.1 Å². The van der Waals surface area contributed by atoms with Gasteiger partial charge in [-0.15, -0.1) is 0 Å². The number of fused-ring (bicyclic) bond motifs is 1. The van der Waals surface area contributed by atoms with Crippen molar-refractivity contribution in [3.63, 3.8) is 0 Å². The second kappa shape index (κ2) is 4.32. The molecule has 5 heteroatoms. The lowest BCUT2D eigenvalue weighted by atomic mass is 10.3. The lowest BCUT2D eigenvalue weighted by Gasteiger charge is -2.04. The number of rotatable bonds is 4. The standard InChI is InChI=1S/C11H12N2O3/c14-6-5-13-9-4-2-1-3-8(9)12-10(13)7-11(15)16/h1-4,14H,5-7H2,(H,15,16). The zero-order valence-electron chi connectivity index (χ0n) is 8.63. The van der Waals surface area contributed by atoms with Gasteiger partial charge in [0.25, 0.3) is 0 Å². The van der Waals surface area contributed by atoms with E-state index >= 15 is 0 Å². The molecule has 2 aromatic rings. The highest BCUT2D eigenvalue weighted by atomic mass is 16.4. The number of benzene rings is 1. The first-order valence-electron chi connectivity index (χ1n) is 4.99. The summed E-state index contributed by atoms with van der Waals surface area (Å²) in [6.07, 6.45) is -0.130. The molecule has 0 radical (unpaired) electrons. The fourth-order valence-corrected chi connectivity index (χ4v) is 1.75. The Kier molecular flexibility index (Phi) is 2.87. The summed E-state index contributed by atoms with van der Waals surface area (Å²) in [7, 11) is 0. The molecular formula is C11H12N2O3. The van der Waals surface area contributed by atoms with Crippen LogP contribution in [0.5, 0.6) is 0 Å². The monoisotopic (exact) mass is 220 g/mol. The number of hydrogen-bond acceptors (Lipinski definition) is 3. The Morgan fingerprint density at radius 2 is 2.12 bits per heavy atom. The van der Waals surface area contributed by atoms with E-state index in [1.807, 2.05) is 24.3 Å². The number of aliphatic carboxylic acids is 1. The molecule has 0 atom stereocenters. The van der Waals surface area contributed by atoms with Crippen molar-refractivity contribution in [2.75, 3.05) is 6.61 Å². The summed E-state index contributed by atoms with van der Waals surface area (Å²) in [5.74, 6) is -0.447. The number of carboxylic acids is 1. The average molecular weight is 220 g/mol. The second-order valence-electron chi connectivity index (χ2n) is 3.46. The molecule has 0 fully saturated rings. The normalized spacial score (nSPS) is 10.8. The van der Waals surface area contributed by atoms with Gasteiger partial charge in [0.1, 0.15) is 12.2 Å². The van der Waals surface area contributed by atoms with Crippen LogP contribution in [-0.4, -0.2) is 32.3 Å². The van der Waals surface area contributed by atoms with Crippen LogP contribution >= 0.6 is 0 Å². The lowest BCUT2D eigenvalue weighted by Crippen LogP contribution is -2.11. The predicted octanol–water partition coefficient (Wildman–Crippen LogP) is 0.656. The zero-order chi connectivity index (χ0) is 11.5. The van der Waals surface area contributed by atoms with Gasteiger partial charge in [-0.1, -0.05) is 12.1 Å². The smallest absolute Gasteiger partial charge is 0.311 e. The van der Waals surface area contributed by atoms with Crippen LogP contribution in [0.4, 0.5) is 0 Å². The molecule has 0 unspecified atom stereocenters. The van der Waals surface area contributed by atoms with Crippen LogP contribution < -0.4 is 0 Å². The van der Waals surface area contributed by atoms with Crippen LogP contribution in [0.15, 0.2) is 24.3 Å². The van der Waals surface area contributed by atoms with E-state index in [-0.39, 0.29) is 13.0 Å². The lowest BCUT2D eigenvalue weighted by molar-refractivity contribution is -0.136. The maximum Gasteiger partial charge on any atom is 0.311 e. The number of carboxylic acid groups (broad SMARTS) is 1. The van der Waals surface area contributed by atoms with Gasteiger partial charge in [-0.2, -0.15) is 0 Å². The number of carbonyl (C=O) groups is 1. The van der Waals surface area contributed by atoms with Gasteiger partial charge in [0, 0.05) is 6.54 Å². The van der Waals surface area contributed by atoms with Crippen LogP contribution in [0, 0.1) is 0 Å². The minimum Gasteiger partial charge on any atom is -0.481 e. The summed E-state index contributed by atoms with van der Waals surface area (Å²) in [6.45, 7) is 0.329. The number of para-hydroxylation sites is 2. The highest BCUT2D eigenvalue weighted by Gasteiger charge is 2.12. The molecule has 1 aromatic carbocycles. The van der Waals surface area contributed by atoms with E-state index in [1.165, 1.54) is 0 Å². The third-order valence-corrected chi connectivity index (χ3v) is 2.37. The van der Waals surface area contributed by atoms with Crippen molar-refractivity contribution in [1.29, 1.82) is 0 Å². The summed E-state index contributed by atoms with van der Waals surface area (Å²) in [5.41, 5.74) is 1.61. The Labute approximate surface area is 92.0 Å². The van der Waals surface area contributed by atoms with E-state index in [0.29, 0.717) is 12.4 Å². The molecule has 16 heavy (non-hydrogen) atoms. The van der Waals surface area contributed by atoms with Gasteiger partial charge >= 0.3 is 5.97 Å².